The number of benzene rings is 1. The molecule has 0 spiro atoms. The Labute approximate surface area is 116 Å². The van der Waals surface area contributed by atoms with E-state index in [4.69, 9.17) is 18.0 Å². The van der Waals surface area contributed by atoms with Crippen LogP contribution in [0.25, 0.3) is 0 Å². The molecular weight excluding hydrogens is 260 g/mol. The summed E-state index contributed by atoms with van der Waals surface area (Å²) in [7, 11) is 0. The van der Waals surface area contributed by atoms with Gasteiger partial charge in [-0.15, -0.1) is 0 Å². The van der Waals surface area contributed by atoms with Gasteiger partial charge in [-0.2, -0.15) is 0 Å². The van der Waals surface area contributed by atoms with Gasteiger partial charge in [0, 0.05) is 12.7 Å². The zero-order chi connectivity index (χ0) is 13.7. The van der Waals surface area contributed by atoms with Crippen molar-refractivity contribution in [3.63, 3.8) is 0 Å². The van der Waals surface area contributed by atoms with E-state index in [0.29, 0.717) is 18.2 Å². The van der Waals surface area contributed by atoms with Crippen LogP contribution in [-0.4, -0.2) is 26.6 Å². The number of anilines is 1. The van der Waals surface area contributed by atoms with E-state index in [1.54, 1.807) is 24.4 Å². The third-order valence-corrected chi connectivity index (χ3v) is 2.75. The van der Waals surface area contributed by atoms with Crippen LogP contribution >= 0.6 is 12.2 Å². The lowest BCUT2D eigenvalue weighted by Gasteiger charge is -2.06. The second-order valence-electron chi connectivity index (χ2n) is 3.97. The Hall–Kier alpha value is -2.21. The minimum Gasteiger partial charge on any atom is -0.508 e. The van der Waals surface area contributed by atoms with Gasteiger partial charge in [0.25, 0.3) is 0 Å². The first-order valence-corrected chi connectivity index (χ1v) is 6.20. The number of phenolic OH excluding ortho intramolecular Hbond substituents is 1. The zero-order valence-corrected chi connectivity index (χ0v) is 11.0. The number of hydrogen-bond donors (Lipinski definition) is 3. The molecule has 2 aromatic rings. The molecule has 4 N–H and O–H groups in total. The minimum absolute atomic E-state index is 0.254. The van der Waals surface area contributed by atoms with Crippen LogP contribution in [0.5, 0.6) is 5.75 Å². The molecule has 0 unspecified atom stereocenters. The van der Waals surface area contributed by atoms with Gasteiger partial charge in [-0.1, -0.05) is 24.4 Å². The Kier molecular flexibility index (Phi) is 4.25. The van der Waals surface area contributed by atoms with Crippen LogP contribution in [0, 0.1) is 0 Å². The zero-order valence-electron chi connectivity index (χ0n) is 10.2. The van der Waals surface area contributed by atoms with Gasteiger partial charge in [0.15, 0.2) is 0 Å². The number of thiocarbonyl (C=S) groups is 1. The summed E-state index contributed by atoms with van der Waals surface area (Å²) >= 11 is 4.86. The van der Waals surface area contributed by atoms with Crippen molar-refractivity contribution in [2.24, 2.45) is 5.73 Å². The van der Waals surface area contributed by atoms with Crippen LogP contribution in [-0.2, 0) is 6.42 Å². The summed E-state index contributed by atoms with van der Waals surface area (Å²) in [5.41, 5.74) is 7.18. The second kappa shape index (κ2) is 6.10. The fourth-order valence-electron chi connectivity index (χ4n) is 1.56. The van der Waals surface area contributed by atoms with Crippen LogP contribution in [0.15, 0.2) is 36.5 Å². The predicted molar refractivity (Wildman–Crippen MR) is 78.2 cm³/mol. The van der Waals surface area contributed by atoms with Crippen molar-refractivity contribution in [1.82, 2.24) is 9.97 Å². The molecule has 0 saturated heterocycles. The van der Waals surface area contributed by atoms with Gasteiger partial charge in [0.2, 0.25) is 5.95 Å². The van der Waals surface area contributed by atoms with Crippen molar-refractivity contribution in [2.45, 2.75) is 6.42 Å². The fourth-order valence-corrected chi connectivity index (χ4v) is 1.68. The van der Waals surface area contributed by atoms with Crippen molar-refractivity contribution in [1.29, 1.82) is 0 Å². The van der Waals surface area contributed by atoms with E-state index in [1.165, 1.54) is 0 Å². The van der Waals surface area contributed by atoms with E-state index >= 15 is 0 Å². The van der Waals surface area contributed by atoms with Gasteiger partial charge < -0.3 is 16.2 Å². The summed E-state index contributed by atoms with van der Waals surface area (Å²) in [5.74, 6) is 0.772. The first kappa shape index (κ1) is 13.2. The van der Waals surface area contributed by atoms with Crippen molar-refractivity contribution in [3.05, 3.63) is 47.8 Å². The number of rotatable bonds is 5. The molecule has 0 radical (unpaired) electrons. The third kappa shape index (κ3) is 3.89. The minimum atomic E-state index is 0.254. The number of phenols is 1. The number of nitrogens with one attached hydrogen (secondary N) is 1. The van der Waals surface area contributed by atoms with E-state index in [0.717, 1.165) is 12.0 Å². The molecule has 5 nitrogen and oxygen atoms in total. The molecule has 0 aliphatic heterocycles. The summed E-state index contributed by atoms with van der Waals surface area (Å²) in [4.78, 5) is 8.53. The predicted octanol–water partition coefficient (Wildman–Crippen LogP) is 1.47. The van der Waals surface area contributed by atoms with Crippen LogP contribution < -0.4 is 11.1 Å². The molecule has 98 valence electrons. The highest BCUT2D eigenvalue weighted by molar-refractivity contribution is 7.80. The molecule has 1 aromatic heterocycles. The lowest BCUT2D eigenvalue weighted by atomic mass is 10.1. The molecule has 0 amide bonds. The van der Waals surface area contributed by atoms with Gasteiger partial charge in [-0.3, -0.25) is 0 Å². The molecule has 0 fully saturated rings. The highest BCUT2D eigenvalue weighted by Crippen LogP contribution is 2.10. The van der Waals surface area contributed by atoms with Gasteiger partial charge in [-0.05, 0) is 30.2 Å². The first-order chi connectivity index (χ1) is 9.15. The maximum Gasteiger partial charge on any atom is 0.223 e. The number of aromatic nitrogens is 2. The number of aromatic hydroxyl groups is 1. The number of nitrogens with zero attached hydrogens (tertiary/aromatic N) is 2. The third-order valence-electron chi connectivity index (χ3n) is 2.54. The van der Waals surface area contributed by atoms with Crippen LogP contribution in [0.4, 0.5) is 5.95 Å². The summed E-state index contributed by atoms with van der Waals surface area (Å²) in [5, 5.41) is 12.3. The lowest BCUT2D eigenvalue weighted by molar-refractivity contribution is 0.475. The molecule has 0 atom stereocenters. The number of hydrogen-bond acceptors (Lipinski definition) is 5. The van der Waals surface area contributed by atoms with Gasteiger partial charge in [0.05, 0.1) is 0 Å². The largest absolute Gasteiger partial charge is 0.508 e. The van der Waals surface area contributed by atoms with Crippen LogP contribution in [0.2, 0.25) is 0 Å². The van der Waals surface area contributed by atoms with Gasteiger partial charge in [-0.25, -0.2) is 9.97 Å². The molecule has 2 rings (SSSR count). The van der Waals surface area contributed by atoms with Crippen molar-refractivity contribution in [2.75, 3.05) is 11.9 Å². The fraction of sp³-hybridized carbons (Fsp3) is 0.154. The molecule has 1 aromatic carbocycles. The summed E-state index contributed by atoms with van der Waals surface area (Å²) in [6, 6.07) is 8.76. The molecule has 0 aliphatic carbocycles. The van der Waals surface area contributed by atoms with E-state index in [2.05, 4.69) is 15.3 Å². The Bertz CT molecular complexity index is 571. The molecule has 6 heteroatoms. The number of nitrogens with two attached hydrogens (primary N) is 1. The maximum absolute atomic E-state index is 9.18. The smallest absolute Gasteiger partial charge is 0.223 e. The maximum atomic E-state index is 9.18. The molecule has 0 bridgehead atoms. The standard InChI is InChI=1S/C13H14N4OS/c14-12(19)11-6-8-16-13(17-11)15-7-5-9-1-3-10(18)4-2-9/h1-4,6,8,18H,5,7H2,(H2,14,19)(H,15,16,17). The average Bonchev–Trinajstić information content (AvgIpc) is 2.41. The highest BCUT2D eigenvalue weighted by atomic mass is 32.1. The summed E-state index contributed by atoms with van der Waals surface area (Å²) in [6.07, 6.45) is 2.42. The molecule has 19 heavy (non-hydrogen) atoms. The molecule has 0 aliphatic rings. The lowest BCUT2D eigenvalue weighted by Crippen LogP contribution is -2.14. The molecule has 1 heterocycles. The Balaban J connectivity index is 1.90. The Morgan fingerprint density at radius 3 is 2.68 bits per heavy atom. The van der Waals surface area contributed by atoms with Crippen molar-refractivity contribution in [3.8, 4) is 5.75 Å². The summed E-state index contributed by atoms with van der Waals surface area (Å²) < 4.78 is 0. The van der Waals surface area contributed by atoms with Gasteiger partial charge >= 0.3 is 0 Å². The first-order valence-electron chi connectivity index (χ1n) is 5.80. The average molecular weight is 274 g/mol. The van der Waals surface area contributed by atoms with E-state index in [9.17, 15) is 5.11 Å². The summed E-state index contributed by atoms with van der Waals surface area (Å²) in [6.45, 7) is 0.686. The topological polar surface area (TPSA) is 84.1 Å². The van der Waals surface area contributed by atoms with Crippen molar-refractivity contribution >= 4 is 23.2 Å². The Morgan fingerprint density at radius 2 is 2.00 bits per heavy atom. The van der Waals surface area contributed by atoms with Crippen LogP contribution in [0.1, 0.15) is 11.3 Å². The van der Waals surface area contributed by atoms with E-state index in [-0.39, 0.29) is 10.7 Å². The Morgan fingerprint density at radius 1 is 1.26 bits per heavy atom. The van der Waals surface area contributed by atoms with Gasteiger partial charge in [0.1, 0.15) is 16.4 Å². The monoisotopic (exact) mass is 274 g/mol. The SMILES string of the molecule is NC(=S)c1ccnc(NCCc2ccc(O)cc2)n1. The van der Waals surface area contributed by atoms with Crippen molar-refractivity contribution < 1.29 is 5.11 Å². The van der Waals surface area contributed by atoms with E-state index in [1.807, 2.05) is 12.1 Å². The normalized spacial score (nSPS) is 10.1. The second-order valence-corrected chi connectivity index (χ2v) is 4.41. The van der Waals surface area contributed by atoms with E-state index < -0.39 is 0 Å². The van der Waals surface area contributed by atoms with Crippen LogP contribution in [0.3, 0.4) is 0 Å². The molecular formula is C13H14N4OS. The highest BCUT2D eigenvalue weighted by Gasteiger charge is 2.01. The quantitative estimate of drug-likeness (QED) is 0.716. The molecule has 0 saturated carbocycles.